The maximum Gasteiger partial charge on any atom is 0.345 e. The molecule has 1 aliphatic carbocycles. The van der Waals surface area contributed by atoms with Gasteiger partial charge in [0.05, 0.1) is 12.5 Å². The van der Waals surface area contributed by atoms with Crippen molar-refractivity contribution in [2.45, 2.75) is 63.7 Å². The Hall–Kier alpha value is -1.89. The molecule has 0 radical (unpaired) electrons. The summed E-state index contributed by atoms with van der Waals surface area (Å²) in [6, 6.07) is 2.34. The standard InChI is InChI=1S/C18H22N4O2S/c23-17(7-13-5-6-25-11-13)22-14-3-4-15(22)10-20-16(8-14)19-21(18(20)24)9-12-1-2-12/h5-6,11-12,14-15H,1-4,7-10H2. The van der Waals surface area contributed by atoms with Gasteiger partial charge in [0.1, 0.15) is 5.82 Å². The number of carbonyl (C=O) groups excluding carboxylic acids is 1. The Morgan fingerprint density at radius 1 is 1.24 bits per heavy atom. The minimum absolute atomic E-state index is 0.0136. The van der Waals surface area contributed by atoms with Gasteiger partial charge in [0, 0.05) is 25.6 Å². The summed E-state index contributed by atoms with van der Waals surface area (Å²) < 4.78 is 3.49. The first-order chi connectivity index (χ1) is 12.2. The molecule has 2 fully saturated rings. The summed E-state index contributed by atoms with van der Waals surface area (Å²) >= 11 is 1.63. The third-order valence-electron chi connectivity index (χ3n) is 5.78. The molecule has 4 heterocycles. The number of rotatable bonds is 4. The van der Waals surface area contributed by atoms with Crippen LogP contribution in [0.15, 0.2) is 21.6 Å². The van der Waals surface area contributed by atoms with Gasteiger partial charge in [-0.1, -0.05) is 0 Å². The van der Waals surface area contributed by atoms with Crippen LogP contribution in [0.25, 0.3) is 0 Å². The molecule has 6 nitrogen and oxygen atoms in total. The number of nitrogens with zero attached hydrogens (tertiary/aromatic N) is 4. The first-order valence-electron chi connectivity index (χ1n) is 9.18. The van der Waals surface area contributed by atoms with E-state index in [0.717, 1.165) is 30.8 Å². The van der Waals surface area contributed by atoms with Gasteiger partial charge in [-0.05, 0) is 54.0 Å². The van der Waals surface area contributed by atoms with Crippen molar-refractivity contribution in [2.75, 3.05) is 0 Å². The van der Waals surface area contributed by atoms with Crippen molar-refractivity contribution < 1.29 is 4.79 Å². The van der Waals surface area contributed by atoms with Crippen molar-refractivity contribution in [3.05, 3.63) is 38.7 Å². The van der Waals surface area contributed by atoms with E-state index in [2.05, 4.69) is 10.00 Å². The second-order valence-corrected chi connectivity index (χ2v) is 8.41. The number of carbonyl (C=O) groups is 1. The molecule has 132 valence electrons. The lowest BCUT2D eigenvalue weighted by molar-refractivity contribution is -0.133. The van der Waals surface area contributed by atoms with Crippen molar-refractivity contribution in [2.24, 2.45) is 5.92 Å². The van der Waals surface area contributed by atoms with Crippen LogP contribution in [-0.4, -0.2) is 37.2 Å². The number of fused-ring (bicyclic) bond motifs is 3. The van der Waals surface area contributed by atoms with E-state index in [-0.39, 0.29) is 23.7 Å². The first kappa shape index (κ1) is 15.4. The second kappa shape index (κ2) is 5.83. The summed E-state index contributed by atoms with van der Waals surface area (Å²) in [6.07, 6.45) is 5.60. The zero-order chi connectivity index (χ0) is 17.0. The lowest BCUT2D eigenvalue weighted by Gasteiger charge is -2.28. The molecule has 0 spiro atoms. The zero-order valence-electron chi connectivity index (χ0n) is 14.1. The Morgan fingerprint density at radius 3 is 2.84 bits per heavy atom. The molecule has 5 rings (SSSR count). The maximum absolute atomic E-state index is 12.9. The summed E-state index contributed by atoms with van der Waals surface area (Å²) in [5.41, 5.74) is 1.10. The lowest BCUT2D eigenvalue weighted by Crippen LogP contribution is -2.43. The van der Waals surface area contributed by atoms with E-state index in [9.17, 15) is 9.59 Å². The molecule has 2 aromatic rings. The molecule has 3 aliphatic rings. The first-order valence-corrected chi connectivity index (χ1v) is 10.1. The second-order valence-electron chi connectivity index (χ2n) is 7.63. The zero-order valence-corrected chi connectivity index (χ0v) is 15.0. The quantitative estimate of drug-likeness (QED) is 0.835. The van der Waals surface area contributed by atoms with Crippen LogP contribution in [0.2, 0.25) is 0 Å². The molecule has 0 N–H and O–H groups in total. The molecule has 0 aromatic carbocycles. The van der Waals surface area contributed by atoms with Crippen LogP contribution < -0.4 is 5.69 Å². The van der Waals surface area contributed by atoms with Crippen LogP contribution >= 0.6 is 11.3 Å². The van der Waals surface area contributed by atoms with Crippen LogP contribution in [0, 0.1) is 5.92 Å². The summed E-state index contributed by atoms with van der Waals surface area (Å²) in [4.78, 5) is 27.6. The van der Waals surface area contributed by atoms with Crippen LogP contribution in [0.5, 0.6) is 0 Å². The van der Waals surface area contributed by atoms with Crippen molar-refractivity contribution >= 4 is 17.2 Å². The Labute approximate surface area is 150 Å². The van der Waals surface area contributed by atoms with E-state index in [1.165, 1.54) is 12.8 Å². The van der Waals surface area contributed by atoms with Gasteiger partial charge in [-0.15, -0.1) is 0 Å². The van der Waals surface area contributed by atoms with Crippen LogP contribution in [0.3, 0.4) is 0 Å². The summed E-state index contributed by atoms with van der Waals surface area (Å²) in [5.74, 6) is 1.69. The van der Waals surface area contributed by atoms with E-state index < -0.39 is 0 Å². The van der Waals surface area contributed by atoms with Gasteiger partial charge in [0.15, 0.2) is 0 Å². The van der Waals surface area contributed by atoms with Crippen molar-refractivity contribution in [1.29, 1.82) is 0 Å². The summed E-state index contributed by atoms with van der Waals surface area (Å²) in [6.45, 7) is 1.36. The molecule has 1 saturated heterocycles. The fourth-order valence-corrected chi connectivity index (χ4v) is 4.98. The molecule has 1 amide bonds. The van der Waals surface area contributed by atoms with Gasteiger partial charge in [-0.2, -0.15) is 16.4 Å². The Morgan fingerprint density at radius 2 is 2.08 bits per heavy atom. The Balaban J connectivity index is 1.39. The number of hydrogen-bond acceptors (Lipinski definition) is 4. The van der Waals surface area contributed by atoms with E-state index in [4.69, 9.17) is 0 Å². The SMILES string of the molecule is O=C(Cc1ccsc1)N1C2CCC1Cn1c(nn(CC3CC3)c1=O)C2. The van der Waals surface area contributed by atoms with Crippen molar-refractivity contribution in [1.82, 2.24) is 19.2 Å². The fraction of sp³-hybridized carbons (Fsp3) is 0.611. The molecule has 2 aliphatic heterocycles. The van der Waals surface area contributed by atoms with Gasteiger partial charge < -0.3 is 4.90 Å². The molecule has 2 aromatic heterocycles. The highest BCUT2D eigenvalue weighted by Crippen LogP contribution is 2.32. The van der Waals surface area contributed by atoms with Gasteiger partial charge in [-0.3, -0.25) is 9.36 Å². The van der Waals surface area contributed by atoms with Gasteiger partial charge in [-0.25, -0.2) is 9.48 Å². The Kier molecular flexibility index (Phi) is 3.58. The smallest absolute Gasteiger partial charge is 0.334 e. The molecule has 1 saturated carbocycles. The minimum atomic E-state index is 0.0136. The molecular formula is C18H22N4O2S. The van der Waals surface area contributed by atoms with Crippen LogP contribution in [0.4, 0.5) is 0 Å². The highest BCUT2D eigenvalue weighted by atomic mass is 32.1. The van der Waals surface area contributed by atoms with Gasteiger partial charge in [0.2, 0.25) is 5.91 Å². The van der Waals surface area contributed by atoms with E-state index in [1.54, 1.807) is 16.0 Å². The minimum Gasteiger partial charge on any atom is -0.334 e. The highest BCUT2D eigenvalue weighted by Gasteiger charge is 2.41. The maximum atomic E-state index is 12.9. The van der Waals surface area contributed by atoms with Crippen LogP contribution in [-0.2, 0) is 30.7 Å². The Bertz CT molecular complexity index is 849. The number of hydrogen-bond donors (Lipinski definition) is 0. The number of amides is 1. The summed E-state index contributed by atoms with van der Waals surface area (Å²) in [5, 5.41) is 8.66. The third kappa shape index (κ3) is 2.74. The fourth-order valence-electron chi connectivity index (χ4n) is 4.31. The normalized spacial score (nSPS) is 25.0. The van der Waals surface area contributed by atoms with E-state index in [1.807, 2.05) is 21.4 Å². The molecule has 25 heavy (non-hydrogen) atoms. The average Bonchev–Trinajstić information content (AvgIpc) is 3.01. The molecule has 7 heteroatoms. The van der Waals surface area contributed by atoms with E-state index >= 15 is 0 Å². The molecule has 2 bridgehead atoms. The predicted octanol–water partition coefficient (Wildman–Crippen LogP) is 1.67. The van der Waals surface area contributed by atoms with Gasteiger partial charge in [0.25, 0.3) is 0 Å². The summed E-state index contributed by atoms with van der Waals surface area (Å²) in [7, 11) is 0. The largest absolute Gasteiger partial charge is 0.345 e. The van der Waals surface area contributed by atoms with Crippen molar-refractivity contribution in [3.63, 3.8) is 0 Å². The predicted molar refractivity (Wildman–Crippen MR) is 94.6 cm³/mol. The van der Waals surface area contributed by atoms with Gasteiger partial charge >= 0.3 is 5.69 Å². The van der Waals surface area contributed by atoms with Crippen LogP contribution in [0.1, 0.15) is 37.1 Å². The monoisotopic (exact) mass is 358 g/mol. The molecular weight excluding hydrogens is 336 g/mol. The number of aromatic nitrogens is 3. The lowest BCUT2D eigenvalue weighted by atomic mass is 10.1. The van der Waals surface area contributed by atoms with Crippen molar-refractivity contribution in [3.8, 4) is 0 Å². The topological polar surface area (TPSA) is 60.1 Å². The molecule has 2 atom stereocenters. The third-order valence-corrected chi connectivity index (χ3v) is 6.51. The van der Waals surface area contributed by atoms with E-state index in [0.29, 0.717) is 25.3 Å². The number of thiophene rings is 1. The average molecular weight is 358 g/mol. The highest BCUT2D eigenvalue weighted by molar-refractivity contribution is 7.08. The molecule has 2 unspecified atom stereocenters.